The Morgan fingerprint density at radius 3 is 2.94 bits per heavy atom. The van der Waals surface area contributed by atoms with Crippen molar-refractivity contribution in [3.63, 3.8) is 0 Å². The van der Waals surface area contributed by atoms with Crippen molar-refractivity contribution >= 4 is 11.8 Å². The van der Waals surface area contributed by atoms with Crippen molar-refractivity contribution in [1.82, 2.24) is 15.5 Å². The average Bonchev–Trinajstić information content (AvgIpc) is 2.75. The highest BCUT2D eigenvalue weighted by atomic mass is 32.2. The molecule has 0 aromatic carbocycles. The number of ether oxygens (including phenoxy) is 1. The van der Waals surface area contributed by atoms with Crippen LogP contribution >= 0.6 is 11.8 Å². The van der Waals surface area contributed by atoms with Gasteiger partial charge >= 0.3 is 0 Å². The van der Waals surface area contributed by atoms with Crippen LogP contribution in [-0.4, -0.2) is 42.2 Å². The summed E-state index contributed by atoms with van der Waals surface area (Å²) in [4.78, 5) is 4.36. The summed E-state index contributed by atoms with van der Waals surface area (Å²) >= 11 is 1.79. The van der Waals surface area contributed by atoms with E-state index in [-0.39, 0.29) is 6.04 Å². The largest absolute Gasteiger partial charge is 0.383 e. The lowest BCUT2D eigenvalue weighted by molar-refractivity contribution is 0.162. The molecule has 0 radical (unpaired) electrons. The number of nitrogens with one attached hydrogen (secondary N) is 1. The Balaban J connectivity index is 2.45. The van der Waals surface area contributed by atoms with Gasteiger partial charge in [-0.2, -0.15) is 16.7 Å². The van der Waals surface area contributed by atoms with Gasteiger partial charge in [0.2, 0.25) is 5.89 Å². The Hall–Kier alpha value is -0.590. The zero-order chi connectivity index (χ0) is 12.5. The van der Waals surface area contributed by atoms with E-state index < -0.39 is 0 Å². The predicted molar refractivity (Wildman–Crippen MR) is 69.2 cm³/mol. The van der Waals surface area contributed by atoms with Crippen molar-refractivity contribution < 1.29 is 9.26 Å². The van der Waals surface area contributed by atoms with Crippen LogP contribution in [0.15, 0.2) is 4.52 Å². The van der Waals surface area contributed by atoms with Crippen molar-refractivity contribution in [2.24, 2.45) is 0 Å². The van der Waals surface area contributed by atoms with Crippen LogP contribution in [0.1, 0.15) is 25.6 Å². The van der Waals surface area contributed by atoms with E-state index in [2.05, 4.69) is 29.3 Å². The SMILES string of the molecule is CCNC(COC)Cc1nc(CSCC)no1. The third-order valence-electron chi connectivity index (χ3n) is 2.23. The fourth-order valence-electron chi connectivity index (χ4n) is 1.52. The number of methoxy groups -OCH3 is 1. The van der Waals surface area contributed by atoms with Crippen molar-refractivity contribution in [3.05, 3.63) is 11.7 Å². The van der Waals surface area contributed by atoms with Gasteiger partial charge in [0, 0.05) is 19.6 Å². The number of hydrogen-bond acceptors (Lipinski definition) is 6. The highest BCUT2D eigenvalue weighted by Crippen LogP contribution is 2.09. The molecular formula is C11H21N3O2S. The zero-order valence-corrected chi connectivity index (χ0v) is 11.5. The Labute approximate surface area is 107 Å². The first kappa shape index (κ1) is 14.5. The van der Waals surface area contributed by atoms with Crippen molar-refractivity contribution in [2.45, 2.75) is 32.1 Å². The number of thioether (sulfide) groups is 1. The topological polar surface area (TPSA) is 60.2 Å². The molecule has 0 saturated heterocycles. The summed E-state index contributed by atoms with van der Waals surface area (Å²) in [5.74, 6) is 3.34. The van der Waals surface area contributed by atoms with Crippen LogP contribution in [0.4, 0.5) is 0 Å². The molecule has 0 fully saturated rings. The van der Waals surface area contributed by atoms with Gasteiger partial charge in [0.15, 0.2) is 5.82 Å². The third kappa shape index (κ3) is 5.52. The van der Waals surface area contributed by atoms with Gasteiger partial charge in [0.1, 0.15) is 0 Å². The Morgan fingerprint density at radius 2 is 2.29 bits per heavy atom. The molecule has 1 aromatic heterocycles. The van der Waals surface area contributed by atoms with Crippen LogP contribution in [0.25, 0.3) is 0 Å². The molecule has 1 aromatic rings. The number of nitrogens with zero attached hydrogens (tertiary/aromatic N) is 2. The minimum atomic E-state index is 0.233. The minimum Gasteiger partial charge on any atom is -0.383 e. The molecule has 1 unspecified atom stereocenters. The van der Waals surface area contributed by atoms with Crippen LogP contribution in [0, 0.1) is 0 Å². The second-order valence-corrected chi connectivity index (χ2v) is 4.93. The number of hydrogen-bond donors (Lipinski definition) is 1. The number of aromatic nitrogens is 2. The van der Waals surface area contributed by atoms with Gasteiger partial charge in [-0.05, 0) is 12.3 Å². The zero-order valence-electron chi connectivity index (χ0n) is 10.7. The van der Waals surface area contributed by atoms with Crippen LogP contribution in [0.5, 0.6) is 0 Å². The van der Waals surface area contributed by atoms with Crippen molar-refractivity contribution in [1.29, 1.82) is 0 Å². The second-order valence-electron chi connectivity index (χ2n) is 3.66. The van der Waals surface area contributed by atoms with Crippen LogP contribution in [0.3, 0.4) is 0 Å². The summed E-state index contributed by atoms with van der Waals surface area (Å²) in [5, 5.41) is 7.28. The average molecular weight is 259 g/mol. The molecular weight excluding hydrogens is 238 g/mol. The van der Waals surface area contributed by atoms with Gasteiger partial charge in [-0.3, -0.25) is 0 Å². The van der Waals surface area contributed by atoms with E-state index in [1.807, 2.05) is 0 Å². The molecule has 0 saturated carbocycles. The van der Waals surface area contributed by atoms with Crippen LogP contribution in [0.2, 0.25) is 0 Å². The Morgan fingerprint density at radius 1 is 1.47 bits per heavy atom. The fourth-order valence-corrected chi connectivity index (χ4v) is 2.02. The smallest absolute Gasteiger partial charge is 0.228 e. The quantitative estimate of drug-likeness (QED) is 0.725. The first-order valence-electron chi connectivity index (χ1n) is 5.91. The summed E-state index contributed by atoms with van der Waals surface area (Å²) in [5.41, 5.74) is 0. The normalized spacial score (nSPS) is 12.9. The van der Waals surface area contributed by atoms with Gasteiger partial charge in [-0.1, -0.05) is 19.0 Å². The molecule has 1 atom stereocenters. The lowest BCUT2D eigenvalue weighted by Crippen LogP contribution is -2.35. The molecule has 0 bridgehead atoms. The first-order chi connectivity index (χ1) is 8.30. The summed E-state index contributed by atoms with van der Waals surface area (Å²) in [6.07, 6.45) is 0.714. The molecule has 1 N–H and O–H groups in total. The summed E-state index contributed by atoms with van der Waals surface area (Å²) in [6, 6.07) is 0.233. The maximum atomic E-state index is 5.21. The van der Waals surface area contributed by atoms with E-state index in [4.69, 9.17) is 9.26 Å². The summed E-state index contributed by atoms with van der Waals surface area (Å²) in [7, 11) is 1.70. The van der Waals surface area contributed by atoms with Gasteiger partial charge in [-0.15, -0.1) is 0 Å². The molecule has 0 spiro atoms. The van der Waals surface area contributed by atoms with Crippen molar-refractivity contribution in [2.75, 3.05) is 26.0 Å². The molecule has 0 aliphatic carbocycles. The van der Waals surface area contributed by atoms with Crippen molar-refractivity contribution in [3.8, 4) is 0 Å². The highest BCUT2D eigenvalue weighted by molar-refractivity contribution is 7.98. The summed E-state index contributed by atoms with van der Waals surface area (Å²) in [6.45, 7) is 5.74. The predicted octanol–water partition coefficient (Wildman–Crippen LogP) is 1.49. The molecule has 0 aliphatic rings. The molecule has 1 heterocycles. The first-order valence-corrected chi connectivity index (χ1v) is 7.07. The molecule has 6 heteroatoms. The number of rotatable bonds is 9. The standard InChI is InChI=1S/C11H21N3O2S/c1-4-12-9(7-15-3)6-11-13-10(14-16-11)8-17-5-2/h9,12H,4-8H2,1-3H3. The Bertz CT molecular complexity index is 301. The third-order valence-corrected chi connectivity index (χ3v) is 3.10. The van der Waals surface area contributed by atoms with E-state index in [9.17, 15) is 0 Å². The van der Waals surface area contributed by atoms with Crippen LogP contribution in [-0.2, 0) is 16.9 Å². The van der Waals surface area contributed by atoms with Gasteiger partial charge in [0.25, 0.3) is 0 Å². The van der Waals surface area contributed by atoms with Crippen LogP contribution < -0.4 is 5.32 Å². The lowest BCUT2D eigenvalue weighted by atomic mass is 10.2. The van der Waals surface area contributed by atoms with E-state index in [0.29, 0.717) is 18.9 Å². The molecule has 0 aliphatic heterocycles. The van der Waals surface area contributed by atoms with E-state index in [0.717, 1.165) is 23.9 Å². The van der Waals surface area contributed by atoms with E-state index in [1.54, 1.807) is 18.9 Å². The molecule has 17 heavy (non-hydrogen) atoms. The fraction of sp³-hybridized carbons (Fsp3) is 0.818. The monoisotopic (exact) mass is 259 g/mol. The number of likely N-dealkylation sites (N-methyl/N-ethyl adjacent to an activating group) is 1. The maximum Gasteiger partial charge on any atom is 0.228 e. The Kier molecular flexibility index (Phi) is 7.23. The lowest BCUT2D eigenvalue weighted by Gasteiger charge is -2.14. The van der Waals surface area contributed by atoms with Gasteiger partial charge in [-0.25, -0.2) is 0 Å². The van der Waals surface area contributed by atoms with E-state index >= 15 is 0 Å². The maximum absolute atomic E-state index is 5.21. The summed E-state index contributed by atoms with van der Waals surface area (Å²) < 4.78 is 10.4. The van der Waals surface area contributed by atoms with E-state index in [1.165, 1.54) is 0 Å². The molecule has 5 nitrogen and oxygen atoms in total. The minimum absolute atomic E-state index is 0.233. The molecule has 98 valence electrons. The molecule has 1 rings (SSSR count). The molecule has 0 amide bonds. The highest BCUT2D eigenvalue weighted by Gasteiger charge is 2.13. The van der Waals surface area contributed by atoms with Gasteiger partial charge in [0.05, 0.1) is 12.4 Å². The second kappa shape index (κ2) is 8.49. The van der Waals surface area contributed by atoms with Gasteiger partial charge < -0.3 is 14.6 Å².